The van der Waals surface area contributed by atoms with Gasteiger partial charge >= 0.3 is 0 Å². The summed E-state index contributed by atoms with van der Waals surface area (Å²) in [7, 11) is 0. The lowest BCUT2D eigenvalue weighted by Gasteiger charge is -2.43. The van der Waals surface area contributed by atoms with Crippen LogP contribution in [0.15, 0.2) is 0 Å². The standard InChI is InChI=1S/C13H26O/c1-10(2)9-13(14)8-6-5-7-12(13)11(3)4/h10-12,14H,5-9H2,1-4H3. The monoisotopic (exact) mass is 198 g/mol. The Balaban J connectivity index is 2.69. The van der Waals surface area contributed by atoms with Crippen LogP contribution in [-0.2, 0) is 0 Å². The Labute approximate surface area is 88.9 Å². The summed E-state index contributed by atoms with van der Waals surface area (Å²) in [6.45, 7) is 8.93. The maximum atomic E-state index is 10.7. The van der Waals surface area contributed by atoms with Crippen LogP contribution in [0.25, 0.3) is 0 Å². The van der Waals surface area contributed by atoms with Crippen molar-refractivity contribution in [2.75, 3.05) is 0 Å². The molecular weight excluding hydrogens is 172 g/mol. The topological polar surface area (TPSA) is 20.2 Å². The molecule has 0 bridgehead atoms. The van der Waals surface area contributed by atoms with Gasteiger partial charge in [0.2, 0.25) is 0 Å². The zero-order chi connectivity index (χ0) is 10.8. The van der Waals surface area contributed by atoms with Crippen LogP contribution in [0.5, 0.6) is 0 Å². The van der Waals surface area contributed by atoms with Gasteiger partial charge in [0, 0.05) is 0 Å². The summed E-state index contributed by atoms with van der Waals surface area (Å²) in [5.41, 5.74) is -0.361. The lowest BCUT2D eigenvalue weighted by Crippen LogP contribution is -2.44. The Morgan fingerprint density at radius 3 is 2.36 bits per heavy atom. The van der Waals surface area contributed by atoms with Crippen LogP contribution in [0, 0.1) is 17.8 Å². The second kappa shape index (κ2) is 4.65. The highest BCUT2D eigenvalue weighted by Gasteiger charge is 2.40. The molecule has 0 saturated heterocycles. The highest BCUT2D eigenvalue weighted by molar-refractivity contribution is 4.91. The Hall–Kier alpha value is -0.0400. The number of hydrogen-bond donors (Lipinski definition) is 1. The molecule has 0 spiro atoms. The molecule has 0 radical (unpaired) electrons. The number of aliphatic hydroxyl groups is 1. The fourth-order valence-corrected chi connectivity index (χ4v) is 3.16. The predicted molar refractivity (Wildman–Crippen MR) is 61.2 cm³/mol. The molecule has 1 aliphatic carbocycles. The van der Waals surface area contributed by atoms with Crippen LogP contribution in [0.2, 0.25) is 0 Å². The molecule has 1 rings (SSSR count). The van der Waals surface area contributed by atoms with Crippen molar-refractivity contribution in [1.82, 2.24) is 0 Å². The average molecular weight is 198 g/mol. The van der Waals surface area contributed by atoms with Gasteiger partial charge in [-0.25, -0.2) is 0 Å². The van der Waals surface area contributed by atoms with Gasteiger partial charge < -0.3 is 5.11 Å². The van der Waals surface area contributed by atoms with Gasteiger partial charge in [-0.3, -0.25) is 0 Å². The van der Waals surface area contributed by atoms with E-state index in [4.69, 9.17) is 0 Å². The highest BCUT2D eigenvalue weighted by atomic mass is 16.3. The van der Waals surface area contributed by atoms with Gasteiger partial charge in [0.1, 0.15) is 0 Å². The molecule has 1 heteroatoms. The van der Waals surface area contributed by atoms with E-state index in [1.165, 1.54) is 19.3 Å². The van der Waals surface area contributed by atoms with Gasteiger partial charge in [-0.2, -0.15) is 0 Å². The van der Waals surface area contributed by atoms with Crippen molar-refractivity contribution in [2.45, 2.75) is 65.4 Å². The molecule has 1 aliphatic rings. The Morgan fingerprint density at radius 1 is 1.21 bits per heavy atom. The molecule has 1 fully saturated rings. The second-order valence-electron chi connectivity index (χ2n) is 5.80. The molecule has 1 nitrogen and oxygen atoms in total. The average Bonchev–Trinajstić information content (AvgIpc) is 2.01. The largest absolute Gasteiger partial charge is 0.390 e. The van der Waals surface area contributed by atoms with Crippen LogP contribution >= 0.6 is 0 Å². The predicted octanol–water partition coefficient (Wildman–Crippen LogP) is 3.61. The van der Waals surface area contributed by atoms with Gasteiger partial charge in [-0.05, 0) is 37.0 Å². The maximum absolute atomic E-state index is 10.7. The molecule has 0 aromatic carbocycles. The van der Waals surface area contributed by atoms with Crippen molar-refractivity contribution < 1.29 is 5.11 Å². The first-order valence-corrected chi connectivity index (χ1v) is 6.18. The first-order valence-electron chi connectivity index (χ1n) is 6.18. The molecule has 0 heterocycles. The third-order valence-corrected chi connectivity index (χ3v) is 3.63. The van der Waals surface area contributed by atoms with Crippen molar-refractivity contribution in [2.24, 2.45) is 17.8 Å². The first kappa shape index (κ1) is 12.0. The summed E-state index contributed by atoms with van der Waals surface area (Å²) in [5.74, 6) is 1.76. The summed E-state index contributed by atoms with van der Waals surface area (Å²) in [5, 5.41) is 10.7. The summed E-state index contributed by atoms with van der Waals surface area (Å²) in [4.78, 5) is 0. The van der Waals surface area contributed by atoms with E-state index in [1.807, 2.05) is 0 Å². The normalized spacial score (nSPS) is 34.1. The molecular formula is C13H26O. The number of rotatable bonds is 3. The summed E-state index contributed by atoms with van der Waals surface area (Å²) in [6.07, 6.45) is 5.75. The van der Waals surface area contributed by atoms with E-state index in [9.17, 15) is 5.11 Å². The van der Waals surface area contributed by atoms with E-state index in [-0.39, 0.29) is 5.60 Å². The Morgan fingerprint density at radius 2 is 1.86 bits per heavy atom. The molecule has 1 saturated carbocycles. The minimum absolute atomic E-state index is 0.361. The molecule has 2 unspecified atom stereocenters. The zero-order valence-corrected chi connectivity index (χ0v) is 10.2. The van der Waals surface area contributed by atoms with Crippen molar-refractivity contribution in [1.29, 1.82) is 0 Å². The van der Waals surface area contributed by atoms with E-state index < -0.39 is 0 Å². The van der Waals surface area contributed by atoms with Crippen molar-refractivity contribution in [3.63, 3.8) is 0 Å². The quantitative estimate of drug-likeness (QED) is 0.734. The summed E-state index contributed by atoms with van der Waals surface area (Å²) < 4.78 is 0. The van der Waals surface area contributed by atoms with Crippen molar-refractivity contribution in [3.05, 3.63) is 0 Å². The fourth-order valence-electron chi connectivity index (χ4n) is 3.16. The highest BCUT2D eigenvalue weighted by Crippen LogP contribution is 2.41. The zero-order valence-electron chi connectivity index (χ0n) is 10.2. The van der Waals surface area contributed by atoms with Gasteiger partial charge in [0.15, 0.2) is 0 Å². The van der Waals surface area contributed by atoms with E-state index in [0.29, 0.717) is 17.8 Å². The van der Waals surface area contributed by atoms with Crippen LogP contribution < -0.4 is 0 Å². The van der Waals surface area contributed by atoms with Crippen molar-refractivity contribution >= 4 is 0 Å². The minimum Gasteiger partial charge on any atom is -0.390 e. The maximum Gasteiger partial charge on any atom is 0.0680 e. The van der Waals surface area contributed by atoms with Gasteiger partial charge in [-0.1, -0.05) is 40.5 Å². The van der Waals surface area contributed by atoms with Crippen LogP contribution in [0.1, 0.15) is 59.8 Å². The van der Waals surface area contributed by atoms with Gasteiger partial charge in [0.25, 0.3) is 0 Å². The third kappa shape index (κ3) is 2.73. The third-order valence-electron chi connectivity index (χ3n) is 3.63. The van der Waals surface area contributed by atoms with Crippen molar-refractivity contribution in [3.8, 4) is 0 Å². The molecule has 0 amide bonds. The number of hydrogen-bond acceptors (Lipinski definition) is 1. The Kier molecular flexibility index (Phi) is 4.00. The smallest absolute Gasteiger partial charge is 0.0680 e. The molecule has 1 N–H and O–H groups in total. The fraction of sp³-hybridized carbons (Fsp3) is 1.00. The molecule has 14 heavy (non-hydrogen) atoms. The van der Waals surface area contributed by atoms with E-state index >= 15 is 0 Å². The summed E-state index contributed by atoms with van der Waals surface area (Å²) in [6, 6.07) is 0. The molecule has 0 aliphatic heterocycles. The first-order chi connectivity index (χ1) is 6.46. The van der Waals surface area contributed by atoms with Gasteiger partial charge in [0.05, 0.1) is 5.60 Å². The Bertz CT molecular complexity index is 174. The molecule has 84 valence electrons. The van der Waals surface area contributed by atoms with Crippen LogP contribution in [0.3, 0.4) is 0 Å². The van der Waals surface area contributed by atoms with Crippen LogP contribution in [0.4, 0.5) is 0 Å². The SMILES string of the molecule is CC(C)CC1(O)CCCCC1C(C)C. The minimum atomic E-state index is -0.361. The lowest BCUT2D eigenvalue weighted by molar-refractivity contribution is -0.0796. The van der Waals surface area contributed by atoms with E-state index in [2.05, 4.69) is 27.7 Å². The van der Waals surface area contributed by atoms with E-state index in [0.717, 1.165) is 12.8 Å². The van der Waals surface area contributed by atoms with Crippen LogP contribution in [-0.4, -0.2) is 10.7 Å². The van der Waals surface area contributed by atoms with E-state index in [1.54, 1.807) is 0 Å². The summed E-state index contributed by atoms with van der Waals surface area (Å²) >= 11 is 0. The second-order valence-corrected chi connectivity index (χ2v) is 5.80. The molecule has 0 aromatic rings. The van der Waals surface area contributed by atoms with Gasteiger partial charge in [-0.15, -0.1) is 0 Å². The molecule has 0 aromatic heterocycles. The molecule has 2 atom stereocenters. The lowest BCUT2D eigenvalue weighted by atomic mass is 9.67.